The third kappa shape index (κ3) is 6.26. The van der Waals surface area contributed by atoms with Crippen LogP contribution < -0.4 is 18.9 Å². The van der Waals surface area contributed by atoms with Gasteiger partial charge in [0.15, 0.2) is 23.0 Å². The van der Waals surface area contributed by atoms with Crippen molar-refractivity contribution in [2.75, 3.05) is 26.9 Å². The van der Waals surface area contributed by atoms with Gasteiger partial charge in [0, 0.05) is 12.1 Å². The van der Waals surface area contributed by atoms with Gasteiger partial charge in [0.05, 0.1) is 30.3 Å². The van der Waals surface area contributed by atoms with Crippen LogP contribution in [0.5, 0.6) is 23.0 Å². The first-order valence-electron chi connectivity index (χ1n) is 10.6. The van der Waals surface area contributed by atoms with Crippen molar-refractivity contribution in [2.45, 2.75) is 6.92 Å². The monoisotopic (exact) mass is 460 g/mol. The number of non-ortho nitro benzene ring substituents is 1. The molecule has 0 N–H and O–H groups in total. The number of ether oxygens (including phenoxy) is 4. The molecule has 3 aromatic rings. The van der Waals surface area contributed by atoms with Crippen molar-refractivity contribution in [3.8, 4) is 29.1 Å². The summed E-state index contributed by atoms with van der Waals surface area (Å²) in [6.45, 7) is 2.91. The molecule has 0 bridgehead atoms. The fourth-order valence-corrected chi connectivity index (χ4v) is 3.15. The number of nitrogens with zero attached hydrogens (tertiary/aromatic N) is 2. The SMILES string of the molecule is CCOc1cc(/C=C(\C#N)c2ccc([N+](=O)[O-])cc2)ccc1OCCOc1ccccc1OC. The minimum Gasteiger partial charge on any atom is -0.493 e. The molecule has 0 spiro atoms. The van der Waals surface area contributed by atoms with Gasteiger partial charge in [-0.15, -0.1) is 0 Å². The van der Waals surface area contributed by atoms with Gasteiger partial charge in [0.25, 0.3) is 5.69 Å². The number of rotatable bonds is 11. The van der Waals surface area contributed by atoms with Crippen molar-refractivity contribution in [2.24, 2.45) is 0 Å². The van der Waals surface area contributed by atoms with E-state index in [2.05, 4.69) is 6.07 Å². The number of methoxy groups -OCH3 is 1. The molecule has 8 heteroatoms. The van der Waals surface area contributed by atoms with Crippen LogP contribution in [0.15, 0.2) is 66.7 Å². The maximum absolute atomic E-state index is 10.9. The van der Waals surface area contributed by atoms with Crippen molar-refractivity contribution in [1.29, 1.82) is 5.26 Å². The molecule has 0 amide bonds. The number of benzene rings is 3. The Morgan fingerprint density at radius 3 is 2.18 bits per heavy atom. The molecule has 0 heterocycles. The molecule has 3 rings (SSSR count). The van der Waals surface area contributed by atoms with Crippen LogP contribution in [-0.2, 0) is 0 Å². The van der Waals surface area contributed by atoms with E-state index < -0.39 is 4.92 Å². The zero-order chi connectivity index (χ0) is 24.3. The van der Waals surface area contributed by atoms with Gasteiger partial charge in [0.1, 0.15) is 13.2 Å². The fraction of sp³-hybridized carbons (Fsp3) is 0.192. The molecule has 0 aliphatic heterocycles. The molecule has 0 saturated carbocycles. The number of nitriles is 1. The van der Waals surface area contributed by atoms with E-state index in [1.165, 1.54) is 12.1 Å². The van der Waals surface area contributed by atoms with Gasteiger partial charge in [-0.1, -0.05) is 18.2 Å². The van der Waals surface area contributed by atoms with Crippen LogP contribution in [0, 0.1) is 21.4 Å². The molecule has 0 saturated heterocycles. The van der Waals surface area contributed by atoms with Crippen molar-refractivity contribution in [3.05, 3.63) is 88.0 Å². The van der Waals surface area contributed by atoms with E-state index >= 15 is 0 Å². The average Bonchev–Trinajstić information content (AvgIpc) is 2.86. The number of nitro benzene ring substituents is 1. The lowest BCUT2D eigenvalue weighted by Crippen LogP contribution is -2.10. The van der Waals surface area contributed by atoms with Crippen molar-refractivity contribution in [1.82, 2.24) is 0 Å². The summed E-state index contributed by atoms with van der Waals surface area (Å²) >= 11 is 0. The van der Waals surface area contributed by atoms with Crippen LogP contribution in [0.2, 0.25) is 0 Å². The maximum atomic E-state index is 10.9. The molecule has 8 nitrogen and oxygen atoms in total. The predicted octanol–water partition coefficient (Wildman–Crippen LogP) is 5.52. The number of hydrogen-bond donors (Lipinski definition) is 0. The van der Waals surface area contributed by atoms with Crippen LogP contribution >= 0.6 is 0 Å². The van der Waals surface area contributed by atoms with Crippen molar-refractivity contribution < 1.29 is 23.9 Å². The molecule has 174 valence electrons. The number of nitro groups is 1. The summed E-state index contributed by atoms with van der Waals surface area (Å²) in [6.07, 6.45) is 1.69. The minimum absolute atomic E-state index is 0.0316. The highest BCUT2D eigenvalue weighted by atomic mass is 16.6. The molecule has 0 aliphatic rings. The predicted molar refractivity (Wildman–Crippen MR) is 128 cm³/mol. The van der Waals surface area contributed by atoms with E-state index in [1.54, 1.807) is 37.5 Å². The van der Waals surface area contributed by atoms with E-state index in [1.807, 2.05) is 37.3 Å². The molecule has 0 atom stereocenters. The normalized spacial score (nSPS) is 10.8. The number of allylic oxidation sites excluding steroid dienone is 1. The Kier molecular flexibility index (Phi) is 8.47. The lowest BCUT2D eigenvalue weighted by atomic mass is 10.0. The van der Waals surface area contributed by atoms with Crippen LogP contribution in [0.3, 0.4) is 0 Å². The van der Waals surface area contributed by atoms with Crippen LogP contribution in [0.25, 0.3) is 11.6 Å². The van der Waals surface area contributed by atoms with Crippen LogP contribution in [0.1, 0.15) is 18.1 Å². The summed E-state index contributed by atoms with van der Waals surface area (Å²) in [5.74, 6) is 2.37. The molecular weight excluding hydrogens is 436 g/mol. The first-order valence-corrected chi connectivity index (χ1v) is 10.6. The Morgan fingerprint density at radius 1 is 0.941 bits per heavy atom. The molecule has 0 aliphatic carbocycles. The second kappa shape index (κ2) is 11.9. The minimum atomic E-state index is -0.478. The second-order valence-corrected chi connectivity index (χ2v) is 6.96. The van der Waals surface area contributed by atoms with Crippen LogP contribution in [-0.4, -0.2) is 31.9 Å². The lowest BCUT2D eigenvalue weighted by molar-refractivity contribution is -0.384. The van der Waals surface area contributed by atoms with Crippen molar-refractivity contribution in [3.63, 3.8) is 0 Å². The standard InChI is InChI=1S/C26H24N2O6/c1-3-32-26-17-19(16-21(18-27)20-9-11-22(12-10-20)28(29)30)8-13-25(26)34-15-14-33-24-7-5-4-6-23(24)31-2/h4-13,16-17H,3,14-15H2,1-2H3/b21-16+. The Balaban J connectivity index is 1.71. The van der Waals surface area contributed by atoms with E-state index in [-0.39, 0.29) is 5.69 Å². The van der Waals surface area contributed by atoms with E-state index in [9.17, 15) is 15.4 Å². The van der Waals surface area contributed by atoms with Gasteiger partial charge < -0.3 is 18.9 Å². The fourth-order valence-electron chi connectivity index (χ4n) is 3.15. The van der Waals surface area contributed by atoms with Gasteiger partial charge in [0.2, 0.25) is 0 Å². The summed E-state index contributed by atoms with van der Waals surface area (Å²) in [7, 11) is 1.59. The molecule has 0 unspecified atom stereocenters. The van der Waals surface area contributed by atoms with Crippen LogP contribution in [0.4, 0.5) is 5.69 Å². The smallest absolute Gasteiger partial charge is 0.269 e. The highest BCUT2D eigenvalue weighted by Gasteiger charge is 2.10. The van der Waals surface area contributed by atoms with E-state index in [4.69, 9.17) is 18.9 Å². The molecule has 0 aromatic heterocycles. The highest BCUT2D eigenvalue weighted by molar-refractivity contribution is 5.90. The van der Waals surface area contributed by atoms with Gasteiger partial charge in [-0.2, -0.15) is 5.26 Å². The molecule has 3 aromatic carbocycles. The third-order valence-corrected chi connectivity index (χ3v) is 4.76. The maximum Gasteiger partial charge on any atom is 0.269 e. The van der Waals surface area contributed by atoms with E-state index in [0.717, 1.165) is 5.56 Å². The average molecular weight is 460 g/mol. The molecular formula is C26H24N2O6. The molecule has 0 fully saturated rings. The summed E-state index contributed by atoms with van der Waals surface area (Å²) < 4.78 is 22.6. The Hall–Kier alpha value is -4.51. The first-order chi connectivity index (χ1) is 16.5. The summed E-state index contributed by atoms with van der Waals surface area (Å²) in [6, 6.07) is 20.7. The van der Waals surface area contributed by atoms with Crippen molar-refractivity contribution >= 4 is 17.3 Å². The number of hydrogen-bond acceptors (Lipinski definition) is 7. The van der Waals surface area contributed by atoms with Gasteiger partial charge in [-0.3, -0.25) is 10.1 Å². The zero-order valence-electron chi connectivity index (χ0n) is 18.9. The third-order valence-electron chi connectivity index (χ3n) is 4.76. The Bertz CT molecular complexity index is 1200. The highest BCUT2D eigenvalue weighted by Crippen LogP contribution is 2.31. The largest absolute Gasteiger partial charge is 0.493 e. The number of para-hydroxylation sites is 2. The van der Waals surface area contributed by atoms with E-state index in [0.29, 0.717) is 54.0 Å². The molecule has 34 heavy (non-hydrogen) atoms. The Morgan fingerprint density at radius 2 is 1.59 bits per heavy atom. The first kappa shape index (κ1) is 24.1. The quantitative estimate of drug-likeness (QED) is 0.122. The summed E-state index contributed by atoms with van der Waals surface area (Å²) in [5, 5.41) is 20.4. The second-order valence-electron chi connectivity index (χ2n) is 6.96. The topological polar surface area (TPSA) is 104 Å². The lowest BCUT2D eigenvalue weighted by Gasteiger charge is -2.14. The van der Waals surface area contributed by atoms with Gasteiger partial charge in [-0.25, -0.2) is 0 Å². The van der Waals surface area contributed by atoms with Gasteiger partial charge in [-0.05, 0) is 60.5 Å². The summed E-state index contributed by atoms with van der Waals surface area (Å²) in [4.78, 5) is 10.4. The Labute approximate surface area is 197 Å². The summed E-state index contributed by atoms with van der Waals surface area (Å²) in [5.41, 5.74) is 1.66. The molecule has 0 radical (unpaired) electrons. The zero-order valence-corrected chi connectivity index (χ0v) is 18.9. The van der Waals surface area contributed by atoms with Gasteiger partial charge >= 0.3 is 0 Å².